The fourth-order valence-electron chi connectivity index (χ4n) is 3.57. The van der Waals surface area contributed by atoms with E-state index in [0.29, 0.717) is 0 Å². The van der Waals surface area contributed by atoms with Crippen molar-refractivity contribution in [3.63, 3.8) is 0 Å². The van der Waals surface area contributed by atoms with Crippen molar-refractivity contribution < 1.29 is 0 Å². The summed E-state index contributed by atoms with van der Waals surface area (Å²) in [5.41, 5.74) is 6.46. The molecule has 1 unspecified atom stereocenters. The van der Waals surface area contributed by atoms with Crippen molar-refractivity contribution in [3.8, 4) is 5.69 Å². The minimum atomic E-state index is 0.116. The summed E-state index contributed by atoms with van der Waals surface area (Å²) >= 11 is 0. The van der Waals surface area contributed by atoms with Crippen molar-refractivity contribution in [1.82, 2.24) is 24.8 Å². The Balaban J connectivity index is 1.87. The summed E-state index contributed by atoms with van der Waals surface area (Å²) in [4.78, 5) is 0. The SMILES string of the molecule is CCC(c1c(C)nn(-c2ccccc2)c1C)n1nnc2ccccc21. The van der Waals surface area contributed by atoms with Crippen LogP contribution in [-0.2, 0) is 0 Å². The lowest BCUT2D eigenvalue weighted by Gasteiger charge is -2.17. The fourth-order valence-corrected chi connectivity index (χ4v) is 3.57. The first-order valence-electron chi connectivity index (χ1n) is 8.62. The zero-order valence-electron chi connectivity index (χ0n) is 14.7. The predicted octanol–water partition coefficient (Wildman–Crippen LogP) is 4.23. The zero-order chi connectivity index (χ0) is 17.4. The van der Waals surface area contributed by atoms with Crippen LogP contribution in [0.15, 0.2) is 54.6 Å². The highest BCUT2D eigenvalue weighted by Gasteiger charge is 2.24. The largest absolute Gasteiger partial charge is 0.237 e. The third kappa shape index (κ3) is 2.52. The molecule has 0 radical (unpaired) electrons. The van der Waals surface area contributed by atoms with E-state index in [-0.39, 0.29) is 6.04 Å². The summed E-state index contributed by atoms with van der Waals surface area (Å²) in [5, 5.41) is 13.6. The van der Waals surface area contributed by atoms with Gasteiger partial charge in [0.05, 0.1) is 22.9 Å². The summed E-state index contributed by atoms with van der Waals surface area (Å²) in [5.74, 6) is 0. The van der Waals surface area contributed by atoms with Crippen LogP contribution in [0.1, 0.15) is 36.3 Å². The molecule has 0 amide bonds. The Bertz CT molecular complexity index is 1010. The maximum atomic E-state index is 4.79. The van der Waals surface area contributed by atoms with Gasteiger partial charge in [0.25, 0.3) is 0 Å². The molecule has 4 rings (SSSR count). The van der Waals surface area contributed by atoms with Gasteiger partial charge in [-0.25, -0.2) is 9.36 Å². The van der Waals surface area contributed by atoms with E-state index < -0.39 is 0 Å². The van der Waals surface area contributed by atoms with E-state index in [9.17, 15) is 0 Å². The van der Waals surface area contributed by atoms with E-state index in [1.54, 1.807) is 0 Å². The number of hydrogen-bond donors (Lipinski definition) is 0. The van der Waals surface area contributed by atoms with Crippen LogP contribution in [0.3, 0.4) is 0 Å². The number of aromatic nitrogens is 5. The molecule has 0 saturated heterocycles. The Labute approximate surface area is 146 Å². The average molecular weight is 331 g/mol. The molecule has 0 saturated carbocycles. The molecule has 0 aliphatic heterocycles. The van der Waals surface area contributed by atoms with Gasteiger partial charge in [-0.1, -0.05) is 42.5 Å². The highest BCUT2D eigenvalue weighted by Crippen LogP contribution is 2.30. The molecule has 0 bridgehead atoms. The molecule has 2 aromatic heterocycles. The molecule has 0 fully saturated rings. The van der Waals surface area contributed by atoms with Gasteiger partial charge in [-0.05, 0) is 44.5 Å². The van der Waals surface area contributed by atoms with Crippen LogP contribution >= 0.6 is 0 Å². The smallest absolute Gasteiger partial charge is 0.113 e. The van der Waals surface area contributed by atoms with Crippen LogP contribution < -0.4 is 0 Å². The second kappa shape index (κ2) is 6.16. The number of para-hydroxylation sites is 2. The van der Waals surface area contributed by atoms with Gasteiger partial charge < -0.3 is 0 Å². The second-order valence-corrected chi connectivity index (χ2v) is 6.28. The monoisotopic (exact) mass is 331 g/mol. The average Bonchev–Trinajstić information content (AvgIpc) is 3.20. The number of aryl methyl sites for hydroxylation is 1. The summed E-state index contributed by atoms with van der Waals surface area (Å²) in [6.07, 6.45) is 0.926. The standard InChI is InChI=1S/C20H21N5/c1-4-18(25-19-13-9-8-12-17(19)21-23-25)20-14(2)22-24(15(20)3)16-10-6-5-7-11-16/h5-13,18H,4H2,1-3H3. The number of hydrogen-bond acceptors (Lipinski definition) is 3. The summed E-state index contributed by atoms with van der Waals surface area (Å²) in [6.45, 7) is 6.38. The summed E-state index contributed by atoms with van der Waals surface area (Å²) in [7, 11) is 0. The van der Waals surface area contributed by atoms with Crippen LogP contribution in [0.4, 0.5) is 0 Å². The van der Waals surface area contributed by atoms with Gasteiger partial charge in [-0.3, -0.25) is 0 Å². The van der Waals surface area contributed by atoms with E-state index in [2.05, 4.69) is 49.3 Å². The van der Waals surface area contributed by atoms with Gasteiger partial charge in [0.2, 0.25) is 0 Å². The molecule has 0 aliphatic carbocycles. The van der Waals surface area contributed by atoms with E-state index >= 15 is 0 Å². The lowest BCUT2D eigenvalue weighted by molar-refractivity contribution is 0.503. The number of fused-ring (bicyclic) bond motifs is 1. The molecular formula is C20H21N5. The Kier molecular flexibility index (Phi) is 3.84. The van der Waals surface area contributed by atoms with E-state index in [1.165, 1.54) is 5.56 Å². The molecule has 0 aliphatic rings. The molecule has 126 valence electrons. The Morgan fingerprint density at radius 1 is 0.960 bits per heavy atom. The van der Waals surface area contributed by atoms with Crippen molar-refractivity contribution in [3.05, 3.63) is 71.5 Å². The first-order valence-corrected chi connectivity index (χ1v) is 8.62. The van der Waals surface area contributed by atoms with Crippen LogP contribution in [0.5, 0.6) is 0 Å². The molecule has 25 heavy (non-hydrogen) atoms. The minimum absolute atomic E-state index is 0.116. The number of rotatable bonds is 4. The number of benzene rings is 2. The van der Waals surface area contributed by atoms with Gasteiger partial charge in [-0.15, -0.1) is 5.10 Å². The maximum Gasteiger partial charge on any atom is 0.113 e. The highest BCUT2D eigenvalue weighted by molar-refractivity contribution is 5.74. The molecule has 5 nitrogen and oxygen atoms in total. The Morgan fingerprint density at radius 3 is 2.44 bits per heavy atom. The Hall–Kier alpha value is -2.95. The third-order valence-electron chi connectivity index (χ3n) is 4.74. The third-order valence-corrected chi connectivity index (χ3v) is 4.74. The van der Waals surface area contributed by atoms with Crippen molar-refractivity contribution in [1.29, 1.82) is 0 Å². The van der Waals surface area contributed by atoms with E-state index in [4.69, 9.17) is 5.10 Å². The molecule has 5 heteroatoms. The minimum Gasteiger partial charge on any atom is -0.237 e. The lowest BCUT2D eigenvalue weighted by Crippen LogP contribution is -2.13. The van der Waals surface area contributed by atoms with Gasteiger partial charge in [-0.2, -0.15) is 5.10 Å². The Morgan fingerprint density at radius 2 is 1.68 bits per heavy atom. The van der Waals surface area contributed by atoms with Gasteiger partial charge >= 0.3 is 0 Å². The van der Waals surface area contributed by atoms with Crippen molar-refractivity contribution in [2.45, 2.75) is 33.2 Å². The van der Waals surface area contributed by atoms with Crippen molar-refractivity contribution in [2.75, 3.05) is 0 Å². The van der Waals surface area contributed by atoms with Crippen LogP contribution in [-0.4, -0.2) is 24.8 Å². The van der Waals surface area contributed by atoms with Crippen LogP contribution in [0.2, 0.25) is 0 Å². The van der Waals surface area contributed by atoms with Crippen molar-refractivity contribution >= 4 is 11.0 Å². The molecule has 2 heterocycles. The fraction of sp³-hybridized carbons (Fsp3) is 0.250. The highest BCUT2D eigenvalue weighted by atomic mass is 15.4. The normalized spacial score (nSPS) is 12.6. The first kappa shape index (κ1) is 15.6. The molecular weight excluding hydrogens is 310 g/mol. The van der Waals surface area contributed by atoms with E-state index in [1.807, 2.05) is 45.8 Å². The first-order chi connectivity index (χ1) is 12.2. The van der Waals surface area contributed by atoms with Gasteiger partial charge in [0.15, 0.2) is 0 Å². The summed E-state index contributed by atoms with van der Waals surface area (Å²) in [6, 6.07) is 18.5. The van der Waals surface area contributed by atoms with Crippen molar-refractivity contribution in [2.24, 2.45) is 0 Å². The zero-order valence-corrected chi connectivity index (χ0v) is 14.7. The second-order valence-electron chi connectivity index (χ2n) is 6.28. The number of nitrogens with zero attached hydrogens (tertiary/aromatic N) is 5. The predicted molar refractivity (Wildman–Crippen MR) is 99.0 cm³/mol. The topological polar surface area (TPSA) is 48.5 Å². The quantitative estimate of drug-likeness (QED) is 0.562. The molecule has 2 aromatic carbocycles. The lowest BCUT2D eigenvalue weighted by atomic mass is 10.0. The molecule has 0 spiro atoms. The van der Waals surface area contributed by atoms with Gasteiger partial charge in [0, 0.05) is 11.3 Å². The molecule has 4 aromatic rings. The maximum absolute atomic E-state index is 4.79. The molecule has 0 N–H and O–H groups in total. The van der Waals surface area contributed by atoms with Gasteiger partial charge in [0.1, 0.15) is 5.52 Å². The molecule has 1 atom stereocenters. The van der Waals surface area contributed by atoms with E-state index in [0.717, 1.165) is 34.5 Å². The van der Waals surface area contributed by atoms with Crippen LogP contribution in [0, 0.1) is 13.8 Å². The summed E-state index contributed by atoms with van der Waals surface area (Å²) < 4.78 is 4.05. The van der Waals surface area contributed by atoms with Crippen LogP contribution in [0.25, 0.3) is 16.7 Å².